The van der Waals surface area contributed by atoms with E-state index in [1.807, 2.05) is 12.3 Å². The lowest BCUT2D eigenvalue weighted by Crippen LogP contribution is -2.08. The smallest absolute Gasteiger partial charge is 0.226 e. The first-order valence-corrected chi connectivity index (χ1v) is 7.45. The maximum Gasteiger partial charge on any atom is 0.226 e. The number of hydrogen-bond donors (Lipinski definition) is 2. The monoisotopic (exact) mass is 280 g/mol. The van der Waals surface area contributed by atoms with E-state index in [9.17, 15) is 0 Å². The van der Waals surface area contributed by atoms with Crippen LogP contribution in [0.3, 0.4) is 0 Å². The number of hydrogen-bond acceptors (Lipinski definition) is 6. The highest BCUT2D eigenvalue weighted by Gasteiger charge is 2.07. The summed E-state index contributed by atoms with van der Waals surface area (Å²) < 4.78 is 5.04. The van der Waals surface area contributed by atoms with Gasteiger partial charge in [0.25, 0.3) is 0 Å². The van der Waals surface area contributed by atoms with E-state index < -0.39 is 0 Å². The highest BCUT2D eigenvalue weighted by Crippen LogP contribution is 2.26. The molecular formula is C13H20N4OS. The molecule has 0 saturated carbocycles. The fourth-order valence-corrected chi connectivity index (χ4v) is 2.57. The molecule has 6 heteroatoms. The molecule has 104 valence electrons. The summed E-state index contributed by atoms with van der Waals surface area (Å²) in [5.74, 6) is 1.61. The number of thiophene rings is 1. The van der Waals surface area contributed by atoms with Crippen LogP contribution in [0.1, 0.15) is 19.8 Å². The van der Waals surface area contributed by atoms with Crippen molar-refractivity contribution in [1.82, 2.24) is 9.97 Å². The van der Waals surface area contributed by atoms with Gasteiger partial charge in [0.1, 0.15) is 10.6 Å². The van der Waals surface area contributed by atoms with Crippen molar-refractivity contribution in [3.8, 4) is 0 Å². The summed E-state index contributed by atoms with van der Waals surface area (Å²) in [6.07, 6.45) is 2.13. The van der Waals surface area contributed by atoms with Crippen LogP contribution in [0.15, 0.2) is 11.4 Å². The molecule has 0 fully saturated rings. The molecule has 0 spiro atoms. The molecule has 0 unspecified atom stereocenters. The molecule has 2 aromatic rings. The van der Waals surface area contributed by atoms with Gasteiger partial charge in [0.05, 0.1) is 5.39 Å². The molecule has 0 aliphatic rings. The number of nitrogens with zero attached hydrogens (tertiary/aromatic N) is 2. The van der Waals surface area contributed by atoms with Crippen LogP contribution in [0, 0.1) is 0 Å². The number of unbranched alkanes of at least 4 members (excludes halogenated alkanes) is 1. The summed E-state index contributed by atoms with van der Waals surface area (Å²) in [5, 5.41) is 9.70. The quantitative estimate of drug-likeness (QED) is 0.728. The fraction of sp³-hybridized carbons (Fsp3) is 0.538. The van der Waals surface area contributed by atoms with Gasteiger partial charge in [0.15, 0.2) is 0 Å². The van der Waals surface area contributed by atoms with Crippen molar-refractivity contribution in [1.29, 1.82) is 0 Å². The molecule has 2 heterocycles. The van der Waals surface area contributed by atoms with Crippen LogP contribution in [0.25, 0.3) is 10.2 Å². The second kappa shape index (κ2) is 7.25. The Balaban J connectivity index is 2.04. The Hall–Kier alpha value is -1.40. The molecule has 0 aromatic carbocycles. The second-order valence-corrected chi connectivity index (χ2v) is 5.09. The van der Waals surface area contributed by atoms with E-state index in [0.717, 1.165) is 48.6 Å². The summed E-state index contributed by atoms with van der Waals surface area (Å²) in [6, 6.07) is 2.06. The zero-order valence-electron chi connectivity index (χ0n) is 11.4. The van der Waals surface area contributed by atoms with Gasteiger partial charge in [0, 0.05) is 26.8 Å². The maximum absolute atomic E-state index is 5.04. The van der Waals surface area contributed by atoms with Gasteiger partial charge in [-0.25, -0.2) is 4.98 Å². The molecule has 2 rings (SSSR count). The molecule has 0 saturated heterocycles. The lowest BCUT2D eigenvalue weighted by atomic mass is 10.3. The first-order valence-electron chi connectivity index (χ1n) is 6.57. The molecule has 19 heavy (non-hydrogen) atoms. The third kappa shape index (κ3) is 3.78. The van der Waals surface area contributed by atoms with Crippen molar-refractivity contribution in [2.45, 2.75) is 19.8 Å². The molecule has 0 radical (unpaired) electrons. The molecule has 0 amide bonds. The van der Waals surface area contributed by atoms with E-state index in [1.165, 1.54) is 0 Å². The van der Waals surface area contributed by atoms with Gasteiger partial charge in [-0.3, -0.25) is 0 Å². The lowest BCUT2D eigenvalue weighted by molar-refractivity contribution is 0.194. The van der Waals surface area contributed by atoms with Crippen LogP contribution in [0.4, 0.5) is 11.8 Å². The van der Waals surface area contributed by atoms with Gasteiger partial charge in [-0.1, -0.05) is 0 Å². The first kappa shape index (κ1) is 14.0. The van der Waals surface area contributed by atoms with Crippen molar-refractivity contribution in [2.24, 2.45) is 0 Å². The number of rotatable bonds is 8. The second-order valence-electron chi connectivity index (χ2n) is 4.19. The summed E-state index contributed by atoms with van der Waals surface area (Å²) in [7, 11) is 1.73. The Kier molecular flexibility index (Phi) is 5.35. The van der Waals surface area contributed by atoms with Crippen molar-refractivity contribution in [2.75, 3.05) is 37.4 Å². The van der Waals surface area contributed by atoms with E-state index >= 15 is 0 Å². The first-order chi connectivity index (χ1) is 9.35. The predicted molar refractivity (Wildman–Crippen MR) is 81.2 cm³/mol. The average Bonchev–Trinajstić information content (AvgIpc) is 2.87. The van der Waals surface area contributed by atoms with Crippen LogP contribution in [0.2, 0.25) is 0 Å². The fourth-order valence-electron chi connectivity index (χ4n) is 1.81. The molecule has 0 bridgehead atoms. The molecule has 5 nitrogen and oxygen atoms in total. The number of nitrogens with one attached hydrogen (secondary N) is 2. The highest BCUT2D eigenvalue weighted by atomic mass is 32.1. The van der Waals surface area contributed by atoms with E-state index in [-0.39, 0.29) is 0 Å². The lowest BCUT2D eigenvalue weighted by Gasteiger charge is -2.09. The number of methoxy groups -OCH3 is 1. The van der Waals surface area contributed by atoms with Gasteiger partial charge in [-0.05, 0) is 31.2 Å². The summed E-state index contributed by atoms with van der Waals surface area (Å²) in [5.41, 5.74) is 0. The zero-order valence-corrected chi connectivity index (χ0v) is 12.2. The summed E-state index contributed by atoms with van der Waals surface area (Å²) >= 11 is 1.64. The number of fused-ring (bicyclic) bond motifs is 1. The van der Waals surface area contributed by atoms with Crippen LogP contribution in [0.5, 0.6) is 0 Å². The largest absolute Gasteiger partial charge is 0.385 e. The minimum Gasteiger partial charge on any atom is -0.385 e. The van der Waals surface area contributed by atoms with Gasteiger partial charge >= 0.3 is 0 Å². The summed E-state index contributed by atoms with van der Waals surface area (Å²) in [6.45, 7) is 4.57. The third-order valence-corrected chi connectivity index (χ3v) is 3.53. The molecule has 2 aromatic heterocycles. The molecule has 2 N–H and O–H groups in total. The van der Waals surface area contributed by atoms with E-state index in [4.69, 9.17) is 4.74 Å². The molecule has 0 aliphatic heterocycles. The molecule has 0 atom stereocenters. The Morgan fingerprint density at radius 1 is 1.26 bits per heavy atom. The van der Waals surface area contributed by atoms with Crippen molar-refractivity contribution in [3.05, 3.63) is 11.4 Å². The average molecular weight is 280 g/mol. The molecular weight excluding hydrogens is 260 g/mol. The van der Waals surface area contributed by atoms with Crippen LogP contribution < -0.4 is 10.6 Å². The number of aromatic nitrogens is 2. The van der Waals surface area contributed by atoms with Crippen molar-refractivity contribution < 1.29 is 4.74 Å². The van der Waals surface area contributed by atoms with Gasteiger partial charge in [-0.15, -0.1) is 11.3 Å². The van der Waals surface area contributed by atoms with E-state index in [0.29, 0.717) is 5.95 Å². The Morgan fingerprint density at radius 2 is 2.16 bits per heavy atom. The van der Waals surface area contributed by atoms with E-state index in [2.05, 4.69) is 26.7 Å². The Morgan fingerprint density at radius 3 is 2.95 bits per heavy atom. The predicted octanol–water partition coefficient (Wildman–Crippen LogP) is 2.96. The number of anilines is 2. The number of ether oxygens (including phenoxy) is 1. The SMILES string of the molecule is CCNc1nc(NCCCCOC)c2ccsc2n1. The van der Waals surface area contributed by atoms with Crippen LogP contribution in [-0.4, -0.2) is 36.8 Å². The van der Waals surface area contributed by atoms with Crippen molar-refractivity contribution >= 4 is 33.3 Å². The highest BCUT2D eigenvalue weighted by molar-refractivity contribution is 7.16. The maximum atomic E-state index is 5.04. The van der Waals surface area contributed by atoms with Gasteiger partial charge < -0.3 is 15.4 Å². The van der Waals surface area contributed by atoms with Crippen LogP contribution in [-0.2, 0) is 4.74 Å². The summed E-state index contributed by atoms with van der Waals surface area (Å²) in [4.78, 5) is 10.0. The van der Waals surface area contributed by atoms with E-state index in [1.54, 1.807) is 18.4 Å². The standard InChI is InChI=1S/C13H20N4OS/c1-3-14-13-16-11(15-7-4-5-8-18-2)10-6-9-19-12(10)17-13/h6,9H,3-5,7-8H2,1-2H3,(H2,14,15,16,17). The zero-order chi connectivity index (χ0) is 13.5. The van der Waals surface area contributed by atoms with Crippen LogP contribution >= 0.6 is 11.3 Å². The topological polar surface area (TPSA) is 59.1 Å². The third-order valence-electron chi connectivity index (χ3n) is 2.73. The van der Waals surface area contributed by atoms with Gasteiger partial charge in [-0.2, -0.15) is 4.98 Å². The minimum atomic E-state index is 0.692. The Labute approximate surface area is 117 Å². The van der Waals surface area contributed by atoms with Crippen molar-refractivity contribution in [3.63, 3.8) is 0 Å². The Bertz CT molecular complexity index is 514. The normalized spacial score (nSPS) is 10.8. The minimum absolute atomic E-state index is 0.692. The molecule has 0 aliphatic carbocycles. The van der Waals surface area contributed by atoms with Gasteiger partial charge in [0.2, 0.25) is 5.95 Å².